The fraction of sp³-hybridized carbons (Fsp3) is 0.364. The Morgan fingerprint density at radius 2 is 1.77 bits per heavy atom. The van der Waals surface area contributed by atoms with Gasteiger partial charge in [-0.15, -0.1) is 0 Å². The summed E-state index contributed by atoms with van der Waals surface area (Å²) in [6.45, 7) is 2.72. The first-order chi connectivity index (χ1) is 14.4. The first-order valence-corrected chi connectivity index (χ1v) is 11.4. The van der Waals surface area contributed by atoms with Gasteiger partial charge in [0, 0.05) is 20.1 Å². The van der Waals surface area contributed by atoms with E-state index in [1.54, 1.807) is 54.3 Å². The number of amides is 1. The molecule has 0 aliphatic carbocycles. The van der Waals surface area contributed by atoms with Gasteiger partial charge in [0.15, 0.2) is 0 Å². The van der Waals surface area contributed by atoms with Crippen LogP contribution in [0.3, 0.4) is 0 Å². The van der Waals surface area contributed by atoms with Crippen molar-refractivity contribution in [2.75, 3.05) is 31.0 Å². The maximum Gasteiger partial charge on any atom is 0.310 e. The second-order valence-corrected chi connectivity index (χ2v) is 9.08. The molecule has 160 valence electrons. The second-order valence-electron chi connectivity index (χ2n) is 7.15. The van der Waals surface area contributed by atoms with Crippen molar-refractivity contribution in [3.63, 3.8) is 0 Å². The Morgan fingerprint density at radius 1 is 1.10 bits per heavy atom. The molecular weight excluding hydrogens is 404 g/mol. The highest BCUT2D eigenvalue weighted by Crippen LogP contribution is 2.27. The van der Waals surface area contributed by atoms with E-state index >= 15 is 0 Å². The first-order valence-electron chi connectivity index (χ1n) is 9.95. The molecule has 1 saturated heterocycles. The molecule has 0 N–H and O–H groups in total. The third kappa shape index (κ3) is 4.48. The van der Waals surface area contributed by atoms with E-state index in [-0.39, 0.29) is 29.6 Å². The topological polar surface area (TPSA) is 84.0 Å². The lowest BCUT2D eigenvalue weighted by Gasteiger charge is -2.32. The van der Waals surface area contributed by atoms with Crippen molar-refractivity contribution in [1.29, 1.82) is 0 Å². The number of rotatable bonds is 6. The van der Waals surface area contributed by atoms with Gasteiger partial charge < -0.3 is 9.64 Å². The number of nitrogens with zero attached hydrogens (tertiary/aromatic N) is 2. The van der Waals surface area contributed by atoms with Gasteiger partial charge >= 0.3 is 5.97 Å². The molecule has 1 heterocycles. The fourth-order valence-electron chi connectivity index (χ4n) is 3.58. The zero-order chi connectivity index (χ0) is 21.7. The number of hydrogen-bond acceptors (Lipinski definition) is 5. The van der Waals surface area contributed by atoms with Crippen LogP contribution in [0.15, 0.2) is 59.5 Å². The summed E-state index contributed by atoms with van der Waals surface area (Å²) < 4.78 is 32.8. The van der Waals surface area contributed by atoms with Crippen LogP contribution in [0, 0.1) is 5.92 Å². The lowest BCUT2D eigenvalue weighted by Crippen LogP contribution is -2.43. The van der Waals surface area contributed by atoms with Crippen LogP contribution in [0.5, 0.6) is 0 Å². The van der Waals surface area contributed by atoms with Crippen molar-refractivity contribution in [1.82, 2.24) is 4.90 Å². The van der Waals surface area contributed by atoms with Crippen molar-refractivity contribution in [2.45, 2.75) is 24.7 Å². The summed E-state index contributed by atoms with van der Waals surface area (Å²) in [5, 5.41) is 0. The molecule has 0 radical (unpaired) electrons. The highest BCUT2D eigenvalue weighted by atomic mass is 32.2. The molecule has 0 spiro atoms. The molecule has 1 aliphatic rings. The molecule has 0 unspecified atom stereocenters. The Bertz CT molecular complexity index is 1010. The summed E-state index contributed by atoms with van der Waals surface area (Å²) in [5.41, 5.74) is 0.602. The number of carbonyl (C=O) groups excluding carboxylic acids is 2. The maximum atomic E-state index is 13.3. The molecule has 30 heavy (non-hydrogen) atoms. The van der Waals surface area contributed by atoms with Crippen LogP contribution in [-0.4, -0.2) is 51.9 Å². The number of esters is 1. The van der Waals surface area contributed by atoms with Crippen molar-refractivity contribution in [3.05, 3.63) is 60.2 Å². The minimum atomic E-state index is -3.95. The SMILES string of the molecule is CCOC(=O)[C@@H]1CCCN(C(=O)c2ccccc2S(=O)(=O)N(C)c2ccccc2)C1. The van der Waals surface area contributed by atoms with Crippen LogP contribution in [0.1, 0.15) is 30.1 Å². The number of piperidine rings is 1. The van der Waals surface area contributed by atoms with Gasteiger partial charge in [0.1, 0.15) is 4.90 Å². The molecular formula is C22H26N2O5S. The summed E-state index contributed by atoms with van der Waals surface area (Å²) in [6, 6.07) is 14.9. The number of benzene rings is 2. The summed E-state index contributed by atoms with van der Waals surface area (Å²) in [5.74, 6) is -1.11. The van der Waals surface area contributed by atoms with Gasteiger partial charge in [-0.25, -0.2) is 8.42 Å². The standard InChI is InChI=1S/C22H26N2O5S/c1-3-29-22(26)17-10-9-15-24(16-17)21(25)19-13-7-8-14-20(19)30(27,28)23(2)18-11-5-4-6-12-18/h4-8,11-14,17H,3,9-10,15-16H2,1-2H3/t17-/m1/s1. The van der Waals surface area contributed by atoms with E-state index in [1.165, 1.54) is 19.2 Å². The van der Waals surface area contributed by atoms with Gasteiger partial charge in [-0.1, -0.05) is 30.3 Å². The van der Waals surface area contributed by atoms with Crippen molar-refractivity contribution in [3.8, 4) is 0 Å². The van der Waals surface area contributed by atoms with Gasteiger partial charge in [-0.3, -0.25) is 13.9 Å². The Labute approximate surface area is 177 Å². The zero-order valence-electron chi connectivity index (χ0n) is 17.2. The molecule has 1 amide bonds. The van der Waals surface area contributed by atoms with Crippen LogP contribution in [-0.2, 0) is 19.6 Å². The predicted molar refractivity (Wildman–Crippen MR) is 114 cm³/mol. The summed E-state index contributed by atoms with van der Waals surface area (Å²) >= 11 is 0. The van der Waals surface area contributed by atoms with Crippen molar-refractivity contribution < 1.29 is 22.7 Å². The molecule has 8 heteroatoms. The van der Waals surface area contributed by atoms with E-state index in [9.17, 15) is 18.0 Å². The highest BCUT2D eigenvalue weighted by molar-refractivity contribution is 7.92. The molecule has 7 nitrogen and oxygen atoms in total. The number of sulfonamides is 1. The average Bonchev–Trinajstić information content (AvgIpc) is 2.79. The number of ether oxygens (including phenoxy) is 1. The smallest absolute Gasteiger partial charge is 0.310 e. The summed E-state index contributed by atoms with van der Waals surface area (Å²) in [6.07, 6.45) is 1.31. The minimum Gasteiger partial charge on any atom is -0.466 e. The minimum absolute atomic E-state index is 0.0559. The van der Waals surface area contributed by atoms with E-state index in [0.29, 0.717) is 25.1 Å². The van der Waals surface area contributed by atoms with Crippen LogP contribution in [0.4, 0.5) is 5.69 Å². The molecule has 0 aromatic heterocycles. The summed E-state index contributed by atoms with van der Waals surface area (Å²) in [4.78, 5) is 26.8. The van der Waals surface area contributed by atoms with E-state index in [0.717, 1.165) is 4.31 Å². The predicted octanol–water partition coefficient (Wildman–Crippen LogP) is 2.93. The van der Waals surface area contributed by atoms with Crippen molar-refractivity contribution >= 4 is 27.6 Å². The molecule has 1 aliphatic heterocycles. The first kappa shape index (κ1) is 21.8. The third-order valence-corrected chi connectivity index (χ3v) is 7.05. The average molecular weight is 431 g/mol. The van der Waals surface area contributed by atoms with Crippen LogP contribution >= 0.6 is 0 Å². The van der Waals surface area contributed by atoms with Crippen LogP contribution < -0.4 is 4.31 Å². The Morgan fingerprint density at radius 3 is 2.47 bits per heavy atom. The van der Waals surface area contributed by atoms with Crippen molar-refractivity contribution in [2.24, 2.45) is 5.92 Å². The molecule has 0 bridgehead atoms. The quantitative estimate of drug-likeness (QED) is 0.658. The molecule has 3 rings (SSSR count). The largest absolute Gasteiger partial charge is 0.466 e. The molecule has 2 aromatic rings. The van der Waals surface area contributed by atoms with E-state index in [4.69, 9.17) is 4.74 Å². The monoisotopic (exact) mass is 430 g/mol. The molecule has 0 saturated carbocycles. The van der Waals surface area contributed by atoms with Crippen LogP contribution in [0.2, 0.25) is 0 Å². The third-order valence-electron chi connectivity index (χ3n) is 5.20. The molecule has 1 atom stereocenters. The second kappa shape index (κ2) is 9.30. The van der Waals surface area contributed by atoms with E-state index in [1.807, 2.05) is 0 Å². The lowest BCUT2D eigenvalue weighted by atomic mass is 9.97. The van der Waals surface area contributed by atoms with Gasteiger partial charge in [-0.05, 0) is 44.0 Å². The zero-order valence-corrected chi connectivity index (χ0v) is 18.0. The van der Waals surface area contributed by atoms with Gasteiger partial charge in [-0.2, -0.15) is 0 Å². The lowest BCUT2D eigenvalue weighted by molar-refractivity contribution is -0.149. The summed E-state index contributed by atoms with van der Waals surface area (Å²) in [7, 11) is -2.49. The number of carbonyl (C=O) groups is 2. The van der Waals surface area contributed by atoms with E-state index in [2.05, 4.69) is 0 Å². The Hall–Kier alpha value is -2.87. The van der Waals surface area contributed by atoms with Crippen LogP contribution in [0.25, 0.3) is 0 Å². The van der Waals surface area contributed by atoms with Gasteiger partial charge in [0.25, 0.3) is 15.9 Å². The fourth-order valence-corrected chi connectivity index (χ4v) is 4.96. The van der Waals surface area contributed by atoms with Gasteiger partial charge in [0.05, 0.1) is 23.8 Å². The normalized spacial score (nSPS) is 16.7. The number of likely N-dealkylation sites (tertiary alicyclic amines) is 1. The molecule has 1 fully saturated rings. The Kier molecular flexibility index (Phi) is 6.77. The Balaban J connectivity index is 1.89. The number of hydrogen-bond donors (Lipinski definition) is 0. The van der Waals surface area contributed by atoms with E-state index < -0.39 is 21.8 Å². The number of anilines is 1. The van der Waals surface area contributed by atoms with Gasteiger partial charge in [0.2, 0.25) is 0 Å². The molecule has 2 aromatic carbocycles. The maximum absolute atomic E-state index is 13.3. The number of para-hydroxylation sites is 1. The highest BCUT2D eigenvalue weighted by Gasteiger charge is 2.33.